The fourth-order valence-electron chi connectivity index (χ4n) is 2.66. The van der Waals surface area contributed by atoms with Crippen molar-refractivity contribution >= 4 is 35.8 Å². The van der Waals surface area contributed by atoms with Crippen LogP contribution in [0.5, 0.6) is 0 Å². The van der Waals surface area contributed by atoms with E-state index in [0.29, 0.717) is 24.5 Å². The van der Waals surface area contributed by atoms with Gasteiger partial charge in [-0.3, -0.25) is 4.79 Å². The number of rotatable bonds is 5. The zero-order valence-electron chi connectivity index (χ0n) is 15.7. The van der Waals surface area contributed by atoms with E-state index in [1.807, 2.05) is 17.9 Å². The summed E-state index contributed by atoms with van der Waals surface area (Å²) in [6.45, 7) is 10.9. The van der Waals surface area contributed by atoms with Crippen LogP contribution in [-0.4, -0.2) is 42.4 Å². The molecule has 25 heavy (non-hydrogen) atoms. The fraction of sp³-hybridized carbons (Fsp3) is 0.579. The highest BCUT2D eigenvalue weighted by molar-refractivity contribution is 14.0. The molecule has 1 aliphatic heterocycles. The zero-order valence-corrected chi connectivity index (χ0v) is 18.0. The molecule has 6 heteroatoms. The van der Waals surface area contributed by atoms with Crippen LogP contribution < -0.4 is 10.6 Å². The van der Waals surface area contributed by atoms with Crippen molar-refractivity contribution in [2.45, 2.75) is 46.7 Å². The Balaban J connectivity index is 0.00000312. The summed E-state index contributed by atoms with van der Waals surface area (Å²) in [6.07, 6.45) is 0.925. The van der Waals surface area contributed by atoms with Crippen LogP contribution in [0.4, 0.5) is 0 Å². The van der Waals surface area contributed by atoms with E-state index >= 15 is 0 Å². The van der Waals surface area contributed by atoms with Crippen LogP contribution in [0.2, 0.25) is 0 Å². The van der Waals surface area contributed by atoms with Gasteiger partial charge >= 0.3 is 0 Å². The van der Waals surface area contributed by atoms with Crippen LogP contribution in [0, 0.1) is 5.92 Å². The second-order valence-electron chi connectivity index (χ2n) is 6.71. The van der Waals surface area contributed by atoms with Crippen LogP contribution in [0.3, 0.4) is 0 Å². The third kappa shape index (κ3) is 6.49. The number of aliphatic imine (C=N–C) groups is 1. The first-order valence-electron chi connectivity index (χ1n) is 8.90. The third-order valence-electron chi connectivity index (χ3n) is 4.56. The Bertz CT molecular complexity index is 589. The molecule has 1 aliphatic rings. The Morgan fingerprint density at radius 1 is 1.24 bits per heavy atom. The maximum absolute atomic E-state index is 12.5. The lowest BCUT2D eigenvalue weighted by Gasteiger charge is -2.28. The van der Waals surface area contributed by atoms with Gasteiger partial charge in [0.2, 0.25) is 5.91 Å². The maximum atomic E-state index is 12.5. The van der Waals surface area contributed by atoms with Crippen molar-refractivity contribution in [3.05, 3.63) is 35.4 Å². The Morgan fingerprint density at radius 3 is 2.56 bits per heavy atom. The molecule has 0 spiro atoms. The lowest BCUT2D eigenvalue weighted by Crippen LogP contribution is -2.45. The fourth-order valence-corrected chi connectivity index (χ4v) is 2.66. The van der Waals surface area contributed by atoms with Crippen LogP contribution in [0.15, 0.2) is 29.3 Å². The first-order valence-corrected chi connectivity index (χ1v) is 8.90. The molecule has 0 aliphatic carbocycles. The number of hydrogen-bond acceptors (Lipinski definition) is 2. The van der Waals surface area contributed by atoms with Gasteiger partial charge in [0.1, 0.15) is 6.54 Å². The summed E-state index contributed by atoms with van der Waals surface area (Å²) in [4.78, 5) is 18.9. The van der Waals surface area contributed by atoms with Crippen molar-refractivity contribution in [3.63, 3.8) is 0 Å². The number of nitrogens with one attached hydrogen (secondary N) is 2. The number of hydrogen-bond donors (Lipinski definition) is 2. The van der Waals surface area contributed by atoms with E-state index < -0.39 is 0 Å². The summed E-state index contributed by atoms with van der Waals surface area (Å²) in [5, 5.41) is 6.57. The highest BCUT2D eigenvalue weighted by Crippen LogP contribution is 2.18. The molecule has 1 atom stereocenters. The Hall–Kier alpha value is -1.31. The normalized spacial score (nSPS) is 15.2. The molecule has 0 fully saturated rings. The lowest BCUT2D eigenvalue weighted by atomic mass is 10.00. The molecule has 5 nitrogen and oxygen atoms in total. The van der Waals surface area contributed by atoms with Crippen molar-refractivity contribution in [2.75, 3.05) is 19.6 Å². The molecule has 1 aromatic rings. The quantitative estimate of drug-likeness (QED) is 0.406. The lowest BCUT2D eigenvalue weighted by molar-refractivity contribution is -0.130. The first kappa shape index (κ1) is 21.7. The Labute approximate surface area is 168 Å². The SMILES string of the molecule is CCNC(=NCC(=O)N1CCc2ccccc2C1)NC(C)C(C)C.I. The van der Waals surface area contributed by atoms with Gasteiger partial charge in [0.25, 0.3) is 0 Å². The number of nitrogens with zero attached hydrogens (tertiary/aromatic N) is 2. The molecule has 0 saturated carbocycles. The van der Waals surface area contributed by atoms with Crippen molar-refractivity contribution in [1.82, 2.24) is 15.5 Å². The number of guanidine groups is 1. The number of amides is 1. The van der Waals surface area contributed by atoms with E-state index in [0.717, 1.165) is 19.5 Å². The number of halogens is 1. The molecule has 0 radical (unpaired) electrons. The van der Waals surface area contributed by atoms with Crippen molar-refractivity contribution in [3.8, 4) is 0 Å². The van der Waals surface area contributed by atoms with Gasteiger partial charge in [-0.05, 0) is 37.3 Å². The summed E-state index contributed by atoms with van der Waals surface area (Å²) in [5.41, 5.74) is 2.60. The van der Waals surface area contributed by atoms with Crippen LogP contribution in [0.25, 0.3) is 0 Å². The van der Waals surface area contributed by atoms with Gasteiger partial charge in [-0.15, -0.1) is 24.0 Å². The molecule has 2 N–H and O–H groups in total. The first-order chi connectivity index (χ1) is 11.5. The maximum Gasteiger partial charge on any atom is 0.244 e. The molecule has 0 bridgehead atoms. The molecule has 1 unspecified atom stereocenters. The van der Waals surface area contributed by atoms with Crippen LogP contribution in [0.1, 0.15) is 38.8 Å². The van der Waals surface area contributed by atoms with E-state index in [9.17, 15) is 4.79 Å². The molecule has 0 aromatic heterocycles. The van der Waals surface area contributed by atoms with E-state index in [2.05, 4.69) is 54.6 Å². The highest BCUT2D eigenvalue weighted by atomic mass is 127. The second-order valence-corrected chi connectivity index (χ2v) is 6.71. The topological polar surface area (TPSA) is 56.7 Å². The molecule has 1 amide bonds. The monoisotopic (exact) mass is 458 g/mol. The summed E-state index contributed by atoms with van der Waals surface area (Å²) in [7, 11) is 0. The molecular weight excluding hydrogens is 427 g/mol. The highest BCUT2D eigenvalue weighted by Gasteiger charge is 2.20. The predicted molar refractivity (Wildman–Crippen MR) is 114 cm³/mol. The molecule has 1 heterocycles. The summed E-state index contributed by atoms with van der Waals surface area (Å²) < 4.78 is 0. The van der Waals surface area contributed by atoms with Gasteiger partial charge < -0.3 is 15.5 Å². The van der Waals surface area contributed by atoms with Crippen molar-refractivity contribution < 1.29 is 4.79 Å². The molecular formula is C19H31IN4O. The minimum Gasteiger partial charge on any atom is -0.357 e. The number of fused-ring (bicyclic) bond motifs is 1. The van der Waals surface area contributed by atoms with Gasteiger partial charge in [-0.2, -0.15) is 0 Å². The van der Waals surface area contributed by atoms with Gasteiger partial charge in [0.15, 0.2) is 5.96 Å². The predicted octanol–water partition coefficient (Wildman–Crippen LogP) is 2.79. The minimum absolute atomic E-state index is 0. The van der Waals surface area contributed by atoms with E-state index in [4.69, 9.17) is 0 Å². The summed E-state index contributed by atoms with van der Waals surface area (Å²) >= 11 is 0. The second kappa shape index (κ2) is 10.6. The third-order valence-corrected chi connectivity index (χ3v) is 4.56. The van der Waals surface area contributed by atoms with Crippen molar-refractivity contribution in [2.24, 2.45) is 10.9 Å². The van der Waals surface area contributed by atoms with Crippen molar-refractivity contribution in [1.29, 1.82) is 0 Å². The molecule has 140 valence electrons. The van der Waals surface area contributed by atoms with Gasteiger partial charge in [-0.25, -0.2) is 4.99 Å². The number of benzene rings is 1. The Kier molecular flexibility index (Phi) is 9.24. The van der Waals surface area contributed by atoms with E-state index in [-0.39, 0.29) is 36.4 Å². The zero-order chi connectivity index (χ0) is 17.5. The Morgan fingerprint density at radius 2 is 1.92 bits per heavy atom. The molecule has 0 saturated heterocycles. The minimum atomic E-state index is 0. The number of carbonyl (C=O) groups is 1. The van der Waals surface area contributed by atoms with Gasteiger partial charge in [-0.1, -0.05) is 38.1 Å². The van der Waals surface area contributed by atoms with Crippen LogP contribution in [-0.2, 0) is 17.8 Å². The smallest absolute Gasteiger partial charge is 0.244 e. The van der Waals surface area contributed by atoms with Gasteiger partial charge in [0.05, 0.1) is 0 Å². The summed E-state index contributed by atoms with van der Waals surface area (Å²) in [6, 6.07) is 8.65. The van der Waals surface area contributed by atoms with E-state index in [1.54, 1.807) is 0 Å². The van der Waals surface area contributed by atoms with E-state index in [1.165, 1.54) is 11.1 Å². The van der Waals surface area contributed by atoms with Gasteiger partial charge in [0, 0.05) is 25.7 Å². The number of carbonyl (C=O) groups excluding carboxylic acids is 1. The average Bonchev–Trinajstić information content (AvgIpc) is 2.59. The summed E-state index contributed by atoms with van der Waals surface area (Å²) in [5.74, 6) is 1.30. The average molecular weight is 458 g/mol. The largest absolute Gasteiger partial charge is 0.357 e. The molecule has 1 aromatic carbocycles. The standard InChI is InChI=1S/C19H30N4O.HI/c1-5-20-19(22-15(4)14(2)3)21-12-18(24)23-11-10-16-8-6-7-9-17(16)13-23;/h6-9,14-15H,5,10-13H2,1-4H3,(H2,20,21,22);1H. The van der Waals surface area contributed by atoms with Crippen LogP contribution >= 0.6 is 24.0 Å². The molecule has 2 rings (SSSR count).